The van der Waals surface area contributed by atoms with Crippen molar-refractivity contribution in [2.24, 2.45) is 0 Å². The number of piperazine rings is 1. The van der Waals surface area contributed by atoms with Gasteiger partial charge in [-0.2, -0.15) is 9.57 Å². The Morgan fingerprint density at radius 2 is 1.88 bits per heavy atom. The average Bonchev–Trinajstić information content (AvgIpc) is 3.08. The monoisotopic (exact) mass is 439 g/mol. The maximum absolute atomic E-state index is 12.6. The highest BCUT2D eigenvalue weighted by atomic mass is 79.9. The van der Waals surface area contributed by atoms with E-state index in [0.717, 1.165) is 3.79 Å². The summed E-state index contributed by atoms with van der Waals surface area (Å²) in [7, 11) is -3.52. The Morgan fingerprint density at radius 3 is 2.48 bits per heavy atom. The van der Waals surface area contributed by atoms with Gasteiger partial charge in [-0.25, -0.2) is 8.42 Å². The molecule has 25 heavy (non-hydrogen) atoms. The molecule has 1 amide bonds. The maximum Gasteiger partial charge on any atom is 0.253 e. The lowest BCUT2D eigenvalue weighted by atomic mass is 10.1. The first-order valence-electron chi connectivity index (χ1n) is 7.47. The third kappa shape index (κ3) is 3.77. The molecule has 0 bridgehead atoms. The Morgan fingerprint density at radius 1 is 1.16 bits per heavy atom. The number of hydrogen-bond acceptors (Lipinski definition) is 5. The van der Waals surface area contributed by atoms with E-state index in [1.165, 1.54) is 15.6 Å². The van der Waals surface area contributed by atoms with Crippen molar-refractivity contribution < 1.29 is 13.2 Å². The van der Waals surface area contributed by atoms with Gasteiger partial charge in [0.2, 0.25) is 0 Å². The Kier molecular flexibility index (Phi) is 5.24. The number of nitrogens with zero attached hydrogens (tertiary/aromatic N) is 3. The lowest BCUT2D eigenvalue weighted by molar-refractivity contribution is 0.0698. The zero-order valence-electron chi connectivity index (χ0n) is 13.1. The lowest BCUT2D eigenvalue weighted by Gasteiger charge is -2.33. The van der Waals surface area contributed by atoms with Gasteiger partial charge in [-0.1, -0.05) is 6.07 Å². The van der Waals surface area contributed by atoms with Crippen LogP contribution in [0, 0.1) is 11.3 Å². The topological polar surface area (TPSA) is 81.5 Å². The van der Waals surface area contributed by atoms with Crippen LogP contribution in [0.15, 0.2) is 44.4 Å². The molecule has 1 saturated heterocycles. The molecule has 0 atom stereocenters. The number of carbonyl (C=O) groups is 1. The summed E-state index contributed by atoms with van der Waals surface area (Å²) < 4.78 is 27.7. The highest BCUT2D eigenvalue weighted by Crippen LogP contribution is 2.29. The number of benzene rings is 1. The molecular weight excluding hydrogens is 426 g/mol. The van der Waals surface area contributed by atoms with Crippen molar-refractivity contribution in [1.82, 2.24) is 9.21 Å². The van der Waals surface area contributed by atoms with Crippen molar-refractivity contribution >= 4 is 43.2 Å². The quantitative estimate of drug-likeness (QED) is 0.735. The number of halogens is 1. The standard InChI is InChI=1S/C16H14BrN3O3S2/c17-14-4-5-15(24-14)25(22,23)20-8-6-19(7-9-20)16(21)13-3-1-2-12(10-13)11-18/h1-5,10H,6-9H2. The normalized spacial score (nSPS) is 15.8. The van der Waals surface area contributed by atoms with Crippen LogP contribution < -0.4 is 0 Å². The van der Waals surface area contributed by atoms with Gasteiger partial charge in [-0.3, -0.25) is 4.79 Å². The Labute approximate surface area is 158 Å². The summed E-state index contributed by atoms with van der Waals surface area (Å²) in [5.41, 5.74) is 0.868. The number of sulfonamides is 1. The fraction of sp³-hybridized carbons (Fsp3) is 0.250. The van der Waals surface area contributed by atoms with Crippen LogP contribution in [0.4, 0.5) is 0 Å². The Hall–Kier alpha value is -1.73. The first kappa shape index (κ1) is 18.1. The van der Waals surface area contributed by atoms with Gasteiger partial charge >= 0.3 is 0 Å². The molecule has 9 heteroatoms. The molecular formula is C16H14BrN3O3S2. The number of amides is 1. The first-order valence-corrected chi connectivity index (χ1v) is 10.5. The number of hydrogen-bond donors (Lipinski definition) is 0. The van der Waals surface area contributed by atoms with E-state index in [1.807, 2.05) is 6.07 Å². The van der Waals surface area contributed by atoms with E-state index in [4.69, 9.17) is 5.26 Å². The Bertz CT molecular complexity index is 942. The highest BCUT2D eigenvalue weighted by molar-refractivity contribution is 9.11. The molecule has 1 fully saturated rings. The number of thiophene rings is 1. The van der Waals surface area contributed by atoms with Gasteiger partial charge in [-0.15, -0.1) is 11.3 Å². The minimum absolute atomic E-state index is 0.187. The zero-order valence-corrected chi connectivity index (χ0v) is 16.3. The number of rotatable bonds is 3. The Balaban J connectivity index is 1.69. The average molecular weight is 440 g/mol. The van der Waals surface area contributed by atoms with Gasteiger partial charge in [-0.05, 0) is 46.3 Å². The third-order valence-electron chi connectivity index (χ3n) is 3.91. The fourth-order valence-electron chi connectivity index (χ4n) is 2.60. The van der Waals surface area contributed by atoms with Crippen LogP contribution in [0.5, 0.6) is 0 Å². The van der Waals surface area contributed by atoms with Gasteiger partial charge in [0.05, 0.1) is 15.4 Å². The van der Waals surface area contributed by atoms with Crippen LogP contribution in [-0.2, 0) is 10.0 Å². The van der Waals surface area contributed by atoms with E-state index < -0.39 is 10.0 Å². The molecule has 0 aliphatic carbocycles. The van der Waals surface area contributed by atoms with Crippen LogP contribution in [0.1, 0.15) is 15.9 Å². The van der Waals surface area contributed by atoms with E-state index in [0.29, 0.717) is 28.4 Å². The largest absolute Gasteiger partial charge is 0.336 e. The molecule has 0 unspecified atom stereocenters. The maximum atomic E-state index is 12.6. The smallest absolute Gasteiger partial charge is 0.253 e. The van der Waals surface area contributed by atoms with Crippen molar-refractivity contribution in [2.75, 3.05) is 26.2 Å². The van der Waals surface area contributed by atoms with Crippen LogP contribution in [0.2, 0.25) is 0 Å². The second-order valence-electron chi connectivity index (χ2n) is 5.45. The highest BCUT2D eigenvalue weighted by Gasteiger charge is 2.31. The molecule has 6 nitrogen and oxygen atoms in total. The molecule has 130 valence electrons. The van der Waals surface area contributed by atoms with Crippen LogP contribution in [0.3, 0.4) is 0 Å². The third-order valence-corrected chi connectivity index (χ3v) is 7.90. The molecule has 1 aliphatic rings. The van der Waals surface area contributed by atoms with E-state index in [-0.39, 0.29) is 19.0 Å². The lowest BCUT2D eigenvalue weighted by Crippen LogP contribution is -2.50. The van der Waals surface area contributed by atoms with E-state index in [9.17, 15) is 13.2 Å². The molecule has 1 aromatic heterocycles. The van der Waals surface area contributed by atoms with E-state index in [1.54, 1.807) is 41.3 Å². The van der Waals surface area contributed by atoms with Gasteiger partial charge < -0.3 is 4.90 Å². The van der Waals surface area contributed by atoms with Gasteiger partial charge in [0.15, 0.2) is 0 Å². The summed E-state index contributed by atoms with van der Waals surface area (Å²) >= 11 is 4.45. The van der Waals surface area contributed by atoms with Gasteiger partial charge in [0, 0.05) is 31.7 Å². The first-order chi connectivity index (χ1) is 11.9. The van der Waals surface area contributed by atoms with Crippen molar-refractivity contribution in [1.29, 1.82) is 5.26 Å². The van der Waals surface area contributed by atoms with Crippen molar-refractivity contribution in [3.05, 3.63) is 51.3 Å². The second-order valence-corrected chi connectivity index (χ2v) is 10.1. The molecule has 0 N–H and O–H groups in total. The summed E-state index contributed by atoms with van der Waals surface area (Å²) in [5.74, 6) is -0.187. The van der Waals surface area contributed by atoms with Crippen LogP contribution in [0.25, 0.3) is 0 Å². The van der Waals surface area contributed by atoms with E-state index in [2.05, 4.69) is 15.9 Å². The molecule has 1 aliphatic heterocycles. The molecule has 0 radical (unpaired) electrons. The zero-order chi connectivity index (χ0) is 18.0. The molecule has 2 aromatic rings. The number of nitriles is 1. The minimum Gasteiger partial charge on any atom is -0.336 e. The molecule has 0 saturated carbocycles. The van der Waals surface area contributed by atoms with Crippen molar-refractivity contribution in [2.45, 2.75) is 4.21 Å². The predicted molar refractivity (Wildman–Crippen MR) is 97.8 cm³/mol. The van der Waals surface area contributed by atoms with Crippen LogP contribution in [-0.4, -0.2) is 49.7 Å². The molecule has 3 rings (SSSR count). The summed E-state index contributed by atoms with van der Waals surface area (Å²) in [6.07, 6.45) is 0. The molecule has 0 spiro atoms. The van der Waals surface area contributed by atoms with Crippen molar-refractivity contribution in [3.63, 3.8) is 0 Å². The molecule has 1 aromatic carbocycles. The van der Waals surface area contributed by atoms with Gasteiger partial charge in [0.1, 0.15) is 4.21 Å². The number of carbonyl (C=O) groups excluding carboxylic acids is 1. The fourth-order valence-corrected chi connectivity index (χ4v) is 6.19. The summed E-state index contributed by atoms with van der Waals surface area (Å²) in [6.45, 7) is 1.14. The predicted octanol–water partition coefficient (Wildman–Crippen LogP) is 2.53. The van der Waals surface area contributed by atoms with Crippen LogP contribution >= 0.6 is 27.3 Å². The summed E-state index contributed by atoms with van der Waals surface area (Å²) in [4.78, 5) is 14.2. The summed E-state index contributed by atoms with van der Waals surface area (Å²) in [5, 5.41) is 8.94. The second kappa shape index (κ2) is 7.25. The van der Waals surface area contributed by atoms with Crippen molar-refractivity contribution in [3.8, 4) is 6.07 Å². The summed E-state index contributed by atoms with van der Waals surface area (Å²) in [6, 6.07) is 11.8. The van der Waals surface area contributed by atoms with E-state index >= 15 is 0 Å². The minimum atomic E-state index is -3.52. The SMILES string of the molecule is N#Cc1cccc(C(=O)N2CCN(S(=O)(=O)c3ccc(Br)s3)CC2)c1. The van der Waals surface area contributed by atoms with Gasteiger partial charge in [0.25, 0.3) is 15.9 Å². The molecule has 2 heterocycles.